The summed E-state index contributed by atoms with van der Waals surface area (Å²) in [7, 11) is 1.80. The molecule has 2 rings (SSSR count). The van der Waals surface area contributed by atoms with Gasteiger partial charge in [-0.25, -0.2) is 0 Å². The van der Waals surface area contributed by atoms with Gasteiger partial charge in [-0.05, 0) is 24.0 Å². The van der Waals surface area contributed by atoms with Gasteiger partial charge in [-0.3, -0.25) is 9.48 Å². The maximum Gasteiger partial charge on any atom is 0.258 e. The number of carbonyl (C=O) groups is 1. The molecule has 1 amide bonds. The molecule has 100 valence electrons. The highest BCUT2D eigenvalue weighted by molar-refractivity contribution is 6.04. The lowest BCUT2D eigenvalue weighted by molar-refractivity contribution is 0.102. The molecule has 0 aliphatic carbocycles. The monoisotopic (exact) mass is 257 g/mol. The maximum atomic E-state index is 12.2. The van der Waals surface area contributed by atoms with Crippen LogP contribution in [0.1, 0.15) is 35.3 Å². The van der Waals surface area contributed by atoms with Crippen LogP contribution in [0.25, 0.3) is 0 Å². The van der Waals surface area contributed by atoms with Gasteiger partial charge in [0.2, 0.25) is 0 Å². The molecule has 2 aromatic rings. The van der Waals surface area contributed by atoms with Crippen molar-refractivity contribution in [1.29, 1.82) is 0 Å². The molecular formula is C15H19N3O. The fraction of sp³-hybridized carbons (Fsp3) is 0.333. The molecule has 1 heterocycles. The highest BCUT2D eigenvalue weighted by Gasteiger charge is 2.12. The van der Waals surface area contributed by atoms with Gasteiger partial charge in [0.1, 0.15) is 0 Å². The van der Waals surface area contributed by atoms with Crippen molar-refractivity contribution in [3.63, 3.8) is 0 Å². The molecule has 4 nitrogen and oxygen atoms in total. The summed E-state index contributed by atoms with van der Waals surface area (Å²) < 4.78 is 1.63. The van der Waals surface area contributed by atoms with E-state index in [4.69, 9.17) is 0 Å². The van der Waals surface area contributed by atoms with Gasteiger partial charge in [0.05, 0.1) is 11.8 Å². The second-order valence-corrected chi connectivity index (χ2v) is 4.52. The van der Waals surface area contributed by atoms with Crippen LogP contribution in [0.5, 0.6) is 0 Å². The van der Waals surface area contributed by atoms with Crippen molar-refractivity contribution >= 4 is 11.6 Å². The summed E-state index contributed by atoms with van der Waals surface area (Å²) in [6, 6.07) is 6.15. The van der Waals surface area contributed by atoms with Crippen LogP contribution >= 0.6 is 0 Å². The SMILES string of the molecule is CCc1cccc(CC)c1NC(=O)c1cnn(C)c1. The summed E-state index contributed by atoms with van der Waals surface area (Å²) in [5.41, 5.74) is 3.85. The number of aryl methyl sites for hydroxylation is 3. The average molecular weight is 257 g/mol. The Balaban J connectivity index is 2.30. The largest absolute Gasteiger partial charge is 0.321 e. The molecule has 0 radical (unpaired) electrons. The normalized spacial score (nSPS) is 10.5. The zero-order valence-electron chi connectivity index (χ0n) is 11.6. The first kappa shape index (κ1) is 13.3. The molecule has 1 aromatic carbocycles. The molecule has 0 fully saturated rings. The Kier molecular flexibility index (Phi) is 4.00. The van der Waals surface area contributed by atoms with Gasteiger partial charge in [0, 0.05) is 18.9 Å². The minimum atomic E-state index is -0.108. The fourth-order valence-corrected chi connectivity index (χ4v) is 2.13. The predicted molar refractivity (Wildman–Crippen MR) is 76.4 cm³/mol. The lowest BCUT2D eigenvalue weighted by atomic mass is 10.0. The summed E-state index contributed by atoms with van der Waals surface area (Å²) in [5, 5.41) is 7.04. The number of carbonyl (C=O) groups excluding carboxylic acids is 1. The second kappa shape index (κ2) is 5.69. The van der Waals surface area contributed by atoms with Crippen LogP contribution in [0.4, 0.5) is 5.69 Å². The van der Waals surface area contributed by atoms with E-state index >= 15 is 0 Å². The molecule has 19 heavy (non-hydrogen) atoms. The summed E-state index contributed by atoms with van der Waals surface area (Å²) in [4.78, 5) is 12.2. The molecule has 0 unspecified atom stereocenters. The zero-order valence-corrected chi connectivity index (χ0v) is 11.6. The van der Waals surface area contributed by atoms with Crippen molar-refractivity contribution in [2.24, 2.45) is 7.05 Å². The molecule has 1 aromatic heterocycles. The van der Waals surface area contributed by atoms with E-state index < -0.39 is 0 Å². The van der Waals surface area contributed by atoms with Crippen molar-refractivity contribution in [2.45, 2.75) is 26.7 Å². The van der Waals surface area contributed by atoms with Crippen LogP contribution in [0.15, 0.2) is 30.6 Å². The Labute approximate surface area is 113 Å². The first-order chi connectivity index (χ1) is 9.15. The molecular weight excluding hydrogens is 238 g/mol. The van der Waals surface area contributed by atoms with Crippen molar-refractivity contribution in [2.75, 3.05) is 5.32 Å². The van der Waals surface area contributed by atoms with Gasteiger partial charge in [-0.1, -0.05) is 32.0 Å². The van der Waals surface area contributed by atoms with E-state index in [1.54, 1.807) is 24.1 Å². The third-order valence-electron chi connectivity index (χ3n) is 3.20. The molecule has 0 aliphatic rings. The smallest absolute Gasteiger partial charge is 0.258 e. The van der Waals surface area contributed by atoms with Crippen LogP contribution in [-0.4, -0.2) is 15.7 Å². The van der Waals surface area contributed by atoms with Crippen molar-refractivity contribution in [3.8, 4) is 0 Å². The van der Waals surface area contributed by atoms with Gasteiger partial charge < -0.3 is 5.32 Å². The topological polar surface area (TPSA) is 46.9 Å². The van der Waals surface area contributed by atoms with E-state index in [9.17, 15) is 4.79 Å². The van der Waals surface area contributed by atoms with E-state index in [0.29, 0.717) is 5.56 Å². The number of hydrogen-bond acceptors (Lipinski definition) is 2. The number of benzene rings is 1. The molecule has 4 heteroatoms. The van der Waals surface area contributed by atoms with Crippen LogP contribution in [0.2, 0.25) is 0 Å². The van der Waals surface area contributed by atoms with E-state index in [2.05, 4.69) is 36.4 Å². The summed E-state index contributed by atoms with van der Waals surface area (Å²) in [5.74, 6) is -0.108. The Morgan fingerprint density at radius 2 is 1.89 bits per heavy atom. The molecule has 1 N–H and O–H groups in total. The van der Waals surface area contributed by atoms with Gasteiger partial charge in [-0.2, -0.15) is 5.10 Å². The summed E-state index contributed by atoms with van der Waals surface area (Å²) in [6.07, 6.45) is 5.10. The number of nitrogens with zero attached hydrogens (tertiary/aromatic N) is 2. The molecule has 0 saturated carbocycles. The van der Waals surface area contributed by atoms with Crippen molar-refractivity contribution in [3.05, 3.63) is 47.3 Å². The molecule has 0 spiro atoms. The number of hydrogen-bond donors (Lipinski definition) is 1. The Bertz CT molecular complexity index is 565. The van der Waals surface area contributed by atoms with Crippen LogP contribution in [0.3, 0.4) is 0 Å². The van der Waals surface area contributed by atoms with Crippen molar-refractivity contribution < 1.29 is 4.79 Å². The Morgan fingerprint density at radius 3 is 2.37 bits per heavy atom. The highest BCUT2D eigenvalue weighted by atomic mass is 16.1. The van der Waals surface area contributed by atoms with Crippen LogP contribution in [-0.2, 0) is 19.9 Å². The zero-order chi connectivity index (χ0) is 13.8. The average Bonchev–Trinajstić information content (AvgIpc) is 2.85. The van der Waals surface area contributed by atoms with E-state index in [1.807, 2.05) is 6.07 Å². The lowest BCUT2D eigenvalue weighted by Gasteiger charge is -2.13. The number of nitrogens with one attached hydrogen (secondary N) is 1. The van der Waals surface area contributed by atoms with E-state index in [-0.39, 0.29) is 5.91 Å². The first-order valence-corrected chi connectivity index (χ1v) is 6.56. The first-order valence-electron chi connectivity index (χ1n) is 6.56. The van der Waals surface area contributed by atoms with Crippen molar-refractivity contribution in [1.82, 2.24) is 9.78 Å². The van der Waals surface area contributed by atoms with E-state index in [1.165, 1.54) is 0 Å². The van der Waals surface area contributed by atoms with Crippen LogP contribution < -0.4 is 5.32 Å². The third-order valence-corrected chi connectivity index (χ3v) is 3.20. The molecule has 0 saturated heterocycles. The fourth-order valence-electron chi connectivity index (χ4n) is 2.13. The number of para-hydroxylation sites is 1. The quantitative estimate of drug-likeness (QED) is 0.915. The number of rotatable bonds is 4. The predicted octanol–water partition coefficient (Wildman–Crippen LogP) is 2.80. The minimum absolute atomic E-state index is 0.108. The van der Waals surface area contributed by atoms with E-state index in [0.717, 1.165) is 29.7 Å². The number of amides is 1. The Morgan fingerprint density at radius 1 is 1.26 bits per heavy atom. The van der Waals surface area contributed by atoms with Gasteiger partial charge in [0.15, 0.2) is 0 Å². The number of aromatic nitrogens is 2. The Hall–Kier alpha value is -2.10. The second-order valence-electron chi connectivity index (χ2n) is 4.52. The van der Waals surface area contributed by atoms with Crippen LogP contribution in [0, 0.1) is 0 Å². The minimum Gasteiger partial charge on any atom is -0.321 e. The van der Waals surface area contributed by atoms with Gasteiger partial charge >= 0.3 is 0 Å². The standard InChI is InChI=1S/C15H19N3O/c1-4-11-7-6-8-12(5-2)14(11)17-15(19)13-9-16-18(3)10-13/h6-10H,4-5H2,1-3H3,(H,17,19). The third kappa shape index (κ3) is 2.84. The molecule has 0 atom stereocenters. The number of anilines is 1. The molecule has 0 bridgehead atoms. The van der Waals surface area contributed by atoms with Gasteiger partial charge in [-0.15, -0.1) is 0 Å². The maximum absolute atomic E-state index is 12.2. The lowest BCUT2D eigenvalue weighted by Crippen LogP contribution is -2.14. The van der Waals surface area contributed by atoms with Gasteiger partial charge in [0.25, 0.3) is 5.91 Å². The summed E-state index contributed by atoms with van der Waals surface area (Å²) in [6.45, 7) is 4.18. The summed E-state index contributed by atoms with van der Waals surface area (Å²) >= 11 is 0. The molecule has 0 aliphatic heterocycles. The highest BCUT2D eigenvalue weighted by Crippen LogP contribution is 2.23.